The summed E-state index contributed by atoms with van der Waals surface area (Å²) in [6, 6.07) is -0.0949. The third kappa shape index (κ3) is 1.93. The number of hydrogen-bond donors (Lipinski definition) is 0. The summed E-state index contributed by atoms with van der Waals surface area (Å²) in [5.41, 5.74) is 0. The van der Waals surface area contributed by atoms with Gasteiger partial charge in [0.15, 0.2) is 5.03 Å². The third-order valence-corrected chi connectivity index (χ3v) is 3.95. The van der Waals surface area contributed by atoms with E-state index in [1.54, 1.807) is 0 Å². The van der Waals surface area contributed by atoms with Crippen molar-refractivity contribution in [2.45, 2.75) is 36.3 Å². The minimum atomic E-state index is -4.04. The minimum absolute atomic E-state index is 0.202. The number of rotatable bonds is 2. The molecule has 1 fully saturated rings. The van der Waals surface area contributed by atoms with Gasteiger partial charge in [0.1, 0.15) is 6.04 Å². The molecule has 8 heteroatoms. The molecule has 0 spiro atoms. The van der Waals surface area contributed by atoms with Gasteiger partial charge in [-0.05, 0) is 18.9 Å². The van der Waals surface area contributed by atoms with Crippen molar-refractivity contribution in [3.63, 3.8) is 0 Å². The average molecular weight is 271 g/mol. The second kappa shape index (κ2) is 3.66. The second-order valence-electron chi connectivity index (χ2n) is 3.72. The molecule has 0 aliphatic heterocycles. The Labute approximate surface area is 95.6 Å². The highest BCUT2D eigenvalue weighted by Gasteiger charge is 2.46. The van der Waals surface area contributed by atoms with Gasteiger partial charge in [-0.15, -0.1) is 0 Å². The van der Waals surface area contributed by atoms with Gasteiger partial charge in [-0.1, -0.05) is 0 Å². The van der Waals surface area contributed by atoms with Crippen LogP contribution < -0.4 is 0 Å². The molecule has 1 unspecified atom stereocenters. The first-order valence-corrected chi connectivity index (χ1v) is 6.99. The number of nitrogens with zero attached hydrogens (tertiary/aromatic N) is 2. The molecule has 1 heterocycles. The first kappa shape index (κ1) is 11.8. The standard InChI is InChI=1S/C8H9ClF2N2O2S/c9-16(14,15)7-3-5-12-13(7)6-2-1-4-8(6,10)11/h3,5-6H,1-2,4H2. The molecular weight excluding hydrogens is 262 g/mol. The van der Waals surface area contributed by atoms with Crippen LogP contribution in [0.15, 0.2) is 17.3 Å². The maximum atomic E-state index is 13.4. The molecule has 0 N–H and O–H groups in total. The Balaban J connectivity index is 2.46. The summed E-state index contributed by atoms with van der Waals surface area (Å²) in [6.07, 6.45) is 1.45. The van der Waals surface area contributed by atoms with Crippen molar-refractivity contribution in [1.82, 2.24) is 9.78 Å². The molecule has 1 saturated carbocycles. The number of aromatic nitrogens is 2. The summed E-state index contributed by atoms with van der Waals surface area (Å²) in [4.78, 5) is 0. The highest BCUT2D eigenvalue weighted by Crippen LogP contribution is 2.44. The van der Waals surface area contributed by atoms with Crippen molar-refractivity contribution in [2.24, 2.45) is 0 Å². The fourth-order valence-electron chi connectivity index (χ4n) is 1.94. The van der Waals surface area contributed by atoms with Crippen LogP contribution in [0, 0.1) is 0 Å². The van der Waals surface area contributed by atoms with Crippen molar-refractivity contribution >= 4 is 19.7 Å². The van der Waals surface area contributed by atoms with E-state index in [2.05, 4.69) is 5.10 Å². The van der Waals surface area contributed by atoms with Crippen LogP contribution >= 0.6 is 10.7 Å². The molecule has 0 aromatic carbocycles. The summed E-state index contributed by atoms with van der Waals surface area (Å²) in [6.45, 7) is 0. The second-order valence-corrected chi connectivity index (χ2v) is 6.23. The molecule has 0 bridgehead atoms. The van der Waals surface area contributed by atoms with E-state index in [0.717, 1.165) is 16.9 Å². The molecule has 16 heavy (non-hydrogen) atoms. The molecule has 1 aliphatic rings. The maximum Gasteiger partial charge on any atom is 0.278 e. The molecule has 90 valence electrons. The van der Waals surface area contributed by atoms with Crippen molar-refractivity contribution in [2.75, 3.05) is 0 Å². The van der Waals surface area contributed by atoms with Crippen molar-refractivity contribution < 1.29 is 17.2 Å². The Morgan fingerprint density at radius 1 is 1.56 bits per heavy atom. The summed E-state index contributed by atoms with van der Waals surface area (Å²) in [7, 11) is 1.10. The molecular formula is C8H9ClF2N2O2S. The largest absolute Gasteiger partial charge is 0.278 e. The summed E-state index contributed by atoms with van der Waals surface area (Å²) in [5, 5.41) is 3.26. The monoisotopic (exact) mass is 270 g/mol. The van der Waals surface area contributed by atoms with Gasteiger partial charge in [-0.2, -0.15) is 5.10 Å². The van der Waals surface area contributed by atoms with Crippen molar-refractivity contribution in [1.29, 1.82) is 0 Å². The van der Waals surface area contributed by atoms with Gasteiger partial charge in [-0.3, -0.25) is 0 Å². The van der Waals surface area contributed by atoms with Crippen LogP contribution in [0.1, 0.15) is 25.3 Å². The van der Waals surface area contributed by atoms with Crippen LogP contribution in [0.25, 0.3) is 0 Å². The molecule has 1 atom stereocenters. The van der Waals surface area contributed by atoms with Gasteiger partial charge < -0.3 is 0 Å². The van der Waals surface area contributed by atoms with E-state index in [4.69, 9.17) is 10.7 Å². The third-order valence-electron chi connectivity index (χ3n) is 2.65. The summed E-state index contributed by atoms with van der Waals surface area (Å²) in [5.74, 6) is -2.93. The predicted molar refractivity (Wildman–Crippen MR) is 53.1 cm³/mol. The lowest BCUT2D eigenvalue weighted by molar-refractivity contribution is -0.0370. The van der Waals surface area contributed by atoms with Crippen molar-refractivity contribution in [3.8, 4) is 0 Å². The first-order valence-electron chi connectivity index (χ1n) is 4.68. The molecule has 4 nitrogen and oxygen atoms in total. The molecule has 1 aromatic rings. The van der Waals surface area contributed by atoms with Gasteiger partial charge >= 0.3 is 0 Å². The summed E-state index contributed by atoms with van der Waals surface area (Å²) < 4.78 is 50.0. The van der Waals surface area contributed by atoms with Crippen LogP contribution in [0.5, 0.6) is 0 Å². The maximum absolute atomic E-state index is 13.4. The topological polar surface area (TPSA) is 52.0 Å². The fraction of sp³-hybridized carbons (Fsp3) is 0.625. The SMILES string of the molecule is O=S(=O)(Cl)c1ccnn1C1CCCC1(F)F. The lowest BCUT2D eigenvalue weighted by Gasteiger charge is -2.20. The lowest BCUT2D eigenvalue weighted by Crippen LogP contribution is -2.27. The number of alkyl halides is 2. The van der Waals surface area contributed by atoms with E-state index in [-0.39, 0.29) is 17.9 Å². The normalized spacial score (nSPS) is 24.8. The van der Waals surface area contributed by atoms with E-state index in [1.165, 1.54) is 0 Å². The van der Waals surface area contributed by atoms with Crippen LogP contribution in [0.4, 0.5) is 8.78 Å². The van der Waals surface area contributed by atoms with Crippen LogP contribution in [-0.4, -0.2) is 24.1 Å². The first-order chi connectivity index (χ1) is 7.32. The molecule has 1 aliphatic carbocycles. The Hall–Kier alpha value is -0.690. The van der Waals surface area contributed by atoms with E-state index >= 15 is 0 Å². The molecule has 0 saturated heterocycles. The van der Waals surface area contributed by atoms with Gasteiger partial charge in [0.25, 0.3) is 15.0 Å². The van der Waals surface area contributed by atoms with Crippen LogP contribution in [0.2, 0.25) is 0 Å². The Kier molecular flexibility index (Phi) is 2.70. The number of halogens is 3. The van der Waals surface area contributed by atoms with Gasteiger partial charge in [0.2, 0.25) is 0 Å². The Morgan fingerprint density at radius 2 is 2.25 bits per heavy atom. The summed E-state index contributed by atoms with van der Waals surface area (Å²) >= 11 is 0. The Bertz CT molecular complexity index is 500. The smallest absolute Gasteiger partial charge is 0.244 e. The highest BCUT2D eigenvalue weighted by molar-refractivity contribution is 8.13. The van der Waals surface area contributed by atoms with Crippen LogP contribution in [0.3, 0.4) is 0 Å². The number of hydrogen-bond acceptors (Lipinski definition) is 3. The molecule has 0 radical (unpaired) electrons. The lowest BCUT2D eigenvalue weighted by atomic mass is 10.2. The molecule has 0 amide bonds. The zero-order valence-corrected chi connectivity index (χ0v) is 9.68. The Morgan fingerprint density at radius 3 is 2.75 bits per heavy atom. The van der Waals surface area contributed by atoms with E-state index in [1.807, 2.05) is 0 Å². The zero-order valence-electron chi connectivity index (χ0n) is 8.11. The van der Waals surface area contributed by atoms with Crippen molar-refractivity contribution in [3.05, 3.63) is 12.3 Å². The predicted octanol–water partition coefficient (Wildman–Crippen LogP) is 2.17. The molecule has 1 aromatic heterocycles. The highest BCUT2D eigenvalue weighted by atomic mass is 35.7. The van der Waals surface area contributed by atoms with Crippen LogP contribution in [-0.2, 0) is 9.05 Å². The van der Waals surface area contributed by atoms with Gasteiger partial charge in [0, 0.05) is 17.1 Å². The van der Waals surface area contributed by atoms with E-state index in [9.17, 15) is 17.2 Å². The van der Waals surface area contributed by atoms with Gasteiger partial charge in [-0.25, -0.2) is 21.9 Å². The average Bonchev–Trinajstić information content (AvgIpc) is 2.68. The van der Waals surface area contributed by atoms with E-state index < -0.39 is 21.0 Å². The zero-order chi connectivity index (χ0) is 12.0. The fourth-order valence-corrected chi connectivity index (χ4v) is 2.93. The minimum Gasteiger partial charge on any atom is -0.244 e. The van der Waals surface area contributed by atoms with E-state index in [0.29, 0.717) is 6.42 Å². The molecule has 2 rings (SSSR count). The quantitative estimate of drug-likeness (QED) is 0.774. The van der Waals surface area contributed by atoms with Gasteiger partial charge in [0.05, 0.1) is 6.20 Å².